The molecule has 3 aliphatic rings. The van der Waals surface area contributed by atoms with Gasteiger partial charge in [-0.15, -0.1) is 0 Å². The van der Waals surface area contributed by atoms with Crippen LogP contribution in [0.15, 0.2) is 18.2 Å². The van der Waals surface area contributed by atoms with Gasteiger partial charge in [-0.2, -0.15) is 0 Å². The molecule has 0 unspecified atom stereocenters. The van der Waals surface area contributed by atoms with Crippen molar-refractivity contribution in [2.75, 3.05) is 38.3 Å². The van der Waals surface area contributed by atoms with Gasteiger partial charge in [-0.1, -0.05) is 0 Å². The molecule has 2 saturated heterocycles. The Bertz CT molecular complexity index is 727. The molecule has 2 fully saturated rings. The van der Waals surface area contributed by atoms with Gasteiger partial charge in [0, 0.05) is 44.2 Å². The quantitative estimate of drug-likeness (QED) is 0.781. The Morgan fingerprint density at radius 3 is 2.40 bits per heavy atom. The molecule has 0 bridgehead atoms. The van der Waals surface area contributed by atoms with Gasteiger partial charge < -0.3 is 19.3 Å². The van der Waals surface area contributed by atoms with Crippen LogP contribution in [-0.4, -0.2) is 55.9 Å². The maximum atomic E-state index is 12.9. The Morgan fingerprint density at radius 2 is 1.76 bits per heavy atom. The van der Waals surface area contributed by atoms with E-state index in [1.165, 1.54) is 0 Å². The standard InChI is InChI=1S/C19H24N2O4/c1-18(2)14-12-13(4-5-15(14)20(3)17(18)23)16(22)21-8-6-19(7-9-21)24-10-11-25-19/h4-5,12H,6-11H2,1-3H3. The normalized spacial score (nSPS) is 24.0. The van der Waals surface area contributed by atoms with E-state index in [4.69, 9.17) is 9.47 Å². The minimum atomic E-state index is -0.599. The third-order valence-electron chi connectivity index (χ3n) is 5.74. The molecule has 2 amide bonds. The minimum absolute atomic E-state index is 0.00782. The summed E-state index contributed by atoms with van der Waals surface area (Å²) in [5.74, 6) is -0.415. The molecule has 0 aliphatic carbocycles. The topological polar surface area (TPSA) is 59.1 Å². The van der Waals surface area contributed by atoms with Crippen LogP contribution in [0.1, 0.15) is 42.6 Å². The second-order valence-corrected chi connectivity index (χ2v) is 7.62. The number of fused-ring (bicyclic) bond motifs is 1. The molecule has 6 heteroatoms. The second kappa shape index (κ2) is 5.54. The van der Waals surface area contributed by atoms with Crippen molar-refractivity contribution >= 4 is 17.5 Å². The number of likely N-dealkylation sites (tertiary alicyclic amines) is 1. The first-order valence-corrected chi connectivity index (χ1v) is 8.84. The number of rotatable bonds is 1. The highest BCUT2D eigenvalue weighted by molar-refractivity contribution is 6.08. The number of carbonyl (C=O) groups is 2. The van der Waals surface area contributed by atoms with Crippen molar-refractivity contribution in [3.63, 3.8) is 0 Å². The summed E-state index contributed by atoms with van der Waals surface area (Å²) < 4.78 is 11.4. The molecule has 134 valence electrons. The van der Waals surface area contributed by atoms with E-state index < -0.39 is 11.2 Å². The smallest absolute Gasteiger partial charge is 0.253 e. The van der Waals surface area contributed by atoms with Gasteiger partial charge in [0.1, 0.15) is 0 Å². The van der Waals surface area contributed by atoms with Crippen molar-refractivity contribution in [3.05, 3.63) is 29.3 Å². The number of amides is 2. The van der Waals surface area contributed by atoms with E-state index in [0.717, 1.165) is 11.3 Å². The first kappa shape index (κ1) is 16.5. The fourth-order valence-corrected chi connectivity index (χ4v) is 4.12. The van der Waals surface area contributed by atoms with Gasteiger partial charge in [-0.25, -0.2) is 0 Å². The summed E-state index contributed by atoms with van der Waals surface area (Å²) in [5.41, 5.74) is 1.84. The number of piperidine rings is 1. The summed E-state index contributed by atoms with van der Waals surface area (Å²) in [6.07, 6.45) is 1.41. The van der Waals surface area contributed by atoms with Crippen molar-refractivity contribution < 1.29 is 19.1 Å². The number of benzene rings is 1. The maximum absolute atomic E-state index is 12.9. The summed E-state index contributed by atoms with van der Waals surface area (Å²) in [4.78, 5) is 28.9. The lowest BCUT2D eigenvalue weighted by Gasteiger charge is -2.37. The Labute approximate surface area is 147 Å². The van der Waals surface area contributed by atoms with Gasteiger partial charge in [-0.3, -0.25) is 9.59 Å². The molecule has 25 heavy (non-hydrogen) atoms. The molecule has 0 aromatic heterocycles. The molecule has 0 N–H and O–H groups in total. The zero-order valence-electron chi connectivity index (χ0n) is 15.0. The average Bonchev–Trinajstić information content (AvgIpc) is 3.13. The SMILES string of the molecule is CN1C(=O)C(C)(C)c2cc(C(=O)N3CCC4(CC3)OCCO4)ccc21. The first-order chi connectivity index (χ1) is 11.8. The highest BCUT2D eigenvalue weighted by atomic mass is 16.7. The predicted molar refractivity (Wildman–Crippen MR) is 92.7 cm³/mol. The van der Waals surface area contributed by atoms with E-state index in [1.54, 1.807) is 11.9 Å². The molecule has 1 aromatic carbocycles. The van der Waals surface area contributed by atoms with Gasteiger partial charge in [0.05, 0.1) is 18.6 Å². The predicted octanol–water partition coefficient (Wildman–Crippen LogP) is 1.92. The van der Waals surface area contributed by atoms with Crippen molar-refractivity contribution in [3.8, 4) is 0 Å². The molecular formula is C19H24N2O4. The van der Waals surface area contributed by atoms with Crippen LogP contribution >= 0.6 is 0 Å². The van der Waals surface area contributed by atoms with Crippen molar-refractivity contribution in [2.24, 2.45) is 0 Å². The van der Waals surface area contributed by atoms with E-state index in [0.29, 0.717) is 44.7 Å². The summed E-state index contributed by atoms with van der Waals surface area (Å²) in [6, 6.07) is 5.58. The largest absolute Gasteiger partial charge is 0.347 e. The number of hydrogen-bond donors (Lipinski definition) is 0. The lowest BCUT2D eigenvalue weighted by atomic mass is 9.85. The van der Waals surface area contributed by atoms with E-state index in [-0.39, 0.29) is 11.8 Å². The third-order valence-corrected chi connectivity index (χ3v) is 5.74. The molecule has 0 atom stereocenters. The van der Waals surface area contributed by atoms with Gasteiger partial charge >= 0.3 is 0 Å². The molecule has 0 radical (unpaired) electrons. The molecule has 1 aromatic rings. The maximum Gasteiger partial charge on any atom is 0.253 e. The highest BCUT2D eigenvalue weighted by Crippen LogP contribution is 2.41. The van der Waals surface area contributed by atoms with Crippen LogP contribution < -0.4 is 4.90 Å². The Kier molecular flexibility index (Phi) is 3.67. The molecule has 0 saturated carbocycles. The summed E-state index contributed by atoms with van der Waals surface area (Å²) in [6.45, 7) is 6.33. The van der Waals surface area contributed by atoms with Gasteiger partial charge in [0.2, 0.25) is 5.91 Å². The fraction of sp³-hybridized carbons (Fsp3) is 0.579. The number of likely N-dealkylation sites (N-methyl/N-ethyl adjacent to an activating group) is 1. The molecule has 4 rings (SSSR count). The van der Waals surface area contributed by atoms with Gasteiger partial charge in [-0.05, 0) is 37.6 Å². The summed E-state index contributed by atoms with van der Waals surface area (Å²) in [5, 5.41) is 0. The lowest BCUT2D eigenvalue weighted by molar-refractivity contribution is -0.181. The molecular weight excluding hydrogens is 320 g/mol. The molecule has 3 heterocycles. The van der Waals surface area contributed by atoms with Crippen molar-refractivity contribution in [1.82, 2.24) is 4.90 Å². The van der Waals surface area contributed by atoms with Gasteiger partial charge in [0.25, 0.3) is 5.91 Å². The molecule has 6 nitrogen and oxygen atoms in total. The minimum Gasteiger partial charge on any atom is -0.347 e. The monoisotopic (exact) mass is 344 g/mol. The van der Waals surface area contributed by atoms with Crippen LogP contribution in [0.2, 0.25) is 0 Å². The Hall–Kier alpha value is -1.92. The van der Waals surface area contributed by atoms with Crippen molar-refractivity contribution in [2.45, 2.75) is 37.9 Å². The van der Waals surface area contributed by atoms with Crippen LogP contribution in [0.25, 0.3) is 0 Å². The fourth-order valence-electron chi connectivity index (χ4n) is 4.12. The van der Waals surface area contributed by atoms with Crippen molar-refractivity contribution in [1.29, 1.82) is 0 Å². The van der Waals surface area contributed by atoms with E-state index >= 15 is 0 Å². The zero-order chi connectivity index (χ0) is 17.8. The van der Waals surface area contributed by atoms with Crippen LogP contribution in [0.3, 0.4) is 0 Å². The third kappa shape index (κ3) is 2.47. The summed E-state index contributed by atoms with van der Waals surface area (Å²) >= 11 is 0. The van der Waals surface area contributed by atoms with Crippen LogP contribution in [0, 0.1) is 0 Å². The lowest BCUT2D eigenvalue weighted by Crippen LogP contribution is -2.47. The highest BCUT2D eigenvalue weighted by Gasteiger charge is 2.43. The second-order valence-electron chi connectivity index (χ2n) is 7.62. The number of nitrogens with zero attached hydrogens (tertiary/aromatic N) is 2. The molecule has 3 aliphatic heterocycles. The van der Waals surface area contributed by atoms with Crippen LogP contribution in [0.5, 0.6) is 0 Å². The number of anilines is 1. The first-order valence-electron chi connectivity index (χ1n) is 8.84. The van der Waals surface area contributed by atoms with E-state index in [9.17, 15) is 9.59 Å². The van der Waals surface area contributed by atoms with Crippen LogP contribution in [-0.2, 0) is 19.7 Å². The average molecular weight is 344 g/mol. The Balaban J connectivity index is 1.54. The number of ether oxygens (including phenoxy) is 2. The van der Waals surface area contributed by atoms with Gasteiger partial charge in [0.15, 0.2) is 5.79 Å². The molecule has 1 spiro atoms. The number of carbonyl (C=O) groups excluding carboxylic acids is 2. The van der Waals surface area contributed by atoms with E-state index in [2.05, 4.69) is 0 Å². The van der Waals surface area contributed by atoms with E-state index in [1.807, 2.05) is 36.9 Å². The Morgan fingerprint density at radius 1 is 1.12 bits per heavy atom. The van der Waals surface area contributed by atoms with Crippen LogP contribution in [0.4, 0.5) is 5.69 Å². The number of hydrogen-bond acceptors (Lipinski definition) is 4. The zero-order valence-corrected chi connectivity index (χ0v) is 15.0. The summed E-state index contributed by atoms with van der Waals surface area (Å²) in [7, 11) is 1.78.